The molecule has 1 aliphatic carbocycles. The number of Topliss-reactive ketones (excluding diaryl/α,β-unsaturated/α-hetero) is 1. The van der Waals surface area contributed by atoms with E-state index in [1.165, 1.54) is 29.2 Å². The Kier molecular flexibility index (Phi) is 15.0. The number of benzene rings is 3. The van der Waals surface area contributed by atoms with Gasteiger partial charge in [0.1, 0.15) is 30.2 Å². The summed E-state index contributed by atoms with van der Waals surface area (Å²) in [6, 6.07) is 23.9. The number of ketones is 1. The van der Waals surface area contributed by atoms with Gasteiger partial charge in [-0.1, -0.05) is 44.2 Å². The molecular weight excluding hydrogens is 520 g/mol. The van der Waals surface area contributed by atoms with Gasteiger partial charge in [0, 0.05) is 60.4 Å². The lowest BCUT2D eigenvalue weighted by molar-refractivity contribution is -0.117. The molecule has 2 aromatic carbocycles. The third kappa shape index (κ3) is 9.01. The maximum atomic E-state index is 10.6. The molecule has 2 aromatic rings. The van der Waals surface area contributed by atoms with Crippen LogP contribution in [-0.4, -0.2) is 63.5 Å². The second-order valence-electron chi connectivity index (χ2n) is 10.0. The van der Waals surface area contributed by atoms with E-state index in [1.807, 2.05) is 0 Å². The van der Waals surface area contributed by atoms with Gasteiger partial charge < -0.3 is 20.0 Å². The quantitative estimate of drug-likeness (QED) is 0.159. The van der Waals surface area contributed by atoms with Crippen molar-refractivity contribution in [2.45, 2.75) is 54.9 Å². The number of hydrogen-bond donors (Lipinski definition) is 1. The molecule has 0 radical (unpaired) electrons. The zero-order valence-corrected chi connectivity index (χ0v) is 27.2. The molecule has 0 amide bonds. The first-order chi connectivity index (χ1) is 20.4. The van der Waals surface area contributed by atoms with Crippen molar-refractivity contribution in [3.8, 4) is 22.5 Å². The van der Waals surface area contributed by atoms with E-state index >= 15 is 0 Å². The summed E-state index contributed by atoms with van der Waals surface area (Å²) in [5.74, 6) is 1.22. The summed E-state index contributed by atoms with van der Waals surface area (Å²) in [4.78, 5) is 15.2. The second kappa shape index (κ2) is 18.1. The molecule has 4 rings (SSSR count). The zero-order valence-electron chi connectivity index (χ0n) is 27.2. The van der Waals surface area contributed by atoms with E-state index in [9.17, 15) is 4.79 Å². The van der Waals surface area contributed by atoms with Gasteiger partial charge in [0.25, 0.3) is 0 Å². The predicted octanol–water partition coefficient (Wildman–Crippen LogP) is 6.75. The molecule has 228 valence electrons. The Hall–Kier alpha value is -3.48. The molecule has 0 saturated heterocycles. The van der Waals surface area contributed by atoms with Gasteiger partial charge in [0.2, 0.25) is 5.36 Å². The van der Waals surface area contributed by atoms with Crippen molar-refractivity contribution in [3.05, 3.63) is 72.1 Å². The van der Waals surface area contributed by atoms with Gasteiger partial charge in [-0.3, -0.25) is 4.79 Å². The number of anilines is 1. The van der Waals surface area contributed by atoms with Crippen molar-refractivity contribution in [3.63, 3.8) is 0 Å². The van der Waals surface area contributed by atoms with Gasteiger partial charge in [0.15, 0.2) is 0 Å². The first-order valence-corrected chi connectivity index (χ1v) is 15.6. The van der Waals surface area contributed by atoms with Crippen LogP contribution >= 0.6 is 0 Å². The first kappa shape index (κ1) is 34.7. The lowest BCUT2D eigenvalue weighted by Gasteiger charge is -2.22. The minimum atomic E-state index is 0.284. The summed E-state index contributed by atoms with van der Waals surface area (Å²) in [7, 11) is 1.50. The van der Waals surface area contributed by atoms with E-state index in [4.69, 9.17) is 4.42 Å². The van der Waals surface area contributed by atoms with Gasteiger partial charge >= 0.3 is 0 Å². The van der Waals surface area contributed by atoms with Crippen molar-refractivity contribution in [2.24, 2.45) is 5.73 Å². The molecule has 1 heterocycles. The summed E-state index contributed by atoms with van der Waals surface area (Å²) < 4.78 is 8.87. The Labute approximate surface area is 253 Å². The largest absolute Gasteiger partial charge is 0.456 e. The Balaban J connectivity index is 0.000000438. The number of carbonyl (C=O) groups is 1. The minimum Gasteiger partial charge on any atom is -0.456 e. The Morgan fingerprint density at radius 1 is 0.810 bits per heavy atom. The molecule has 6 nitrogen and oxygen atoms in total. The maximum Gasteiger partial charge on any atom is 0.203 e. The van der Waals surface area contributed by atoms with E-state index < -0.39 is 0 Å². The molecule has 42 heavy (non-hydrogen) atoms. The highest BCUT2D eigenvalue weighted by atomic mass is 16.3. The van der Waals surface area contributed by atoms with Crippen LogP contribution in [0, 0.1) is 0 Å². The lowest BCUT2D eigenvalue weighted by atomic mass is 9.93. The molecule has 0 atom stereocenters. The third-order valence-corrected chi connectivity index (χ3v) is 7.68. The van der Waals surface area contributed by atoms with Crippen molar-refractivity contribution in [2.75, 3.05) is 57.8 Å². The zero-order chi connectivity index (χ0) is 31.1. The first-order valence-electron chi connectivity index (χ1n) is 15.6. The summed E-state index contributed by atoms with van der Waals surface area (Å²) in [5.41, 5.74) is 10.2. The van der Waals surface area contributed by atoms with Crippen LogP contribution in [0.25, 0.3) is 33.4 Å². The van der Waals surface area contributed by atoms with Crippen LogP contribution < -0.4 is 20.6 Å². The van der Waals surface area contributed by atoms with Crippen molar-refractivity contribution in [1.29, 1.82) is 0 Å². The fourth-order valence-electron chi connectivity index (χ4n) is 5.21. The molecule has 6 heteroatoms. The monoisotopic (exact) mass is 573 g/mol. The van der Waals surface area contributed by atoms with Crippen LogP contribution in [0.15, 0.2) is 71.1 Å². The Bertz CT molecular complexity index is 1400. The summed E-state index contributed by atoms with van der Waals surface area (Å²) in [6.07, 6.45) is 0.696. The van der Waals surface area contributed by atoms with Crippen molar-refractivity contribution >= 4 is 22.4 Å². The number of hydrogen-bond acceptors (Lipinski definition) is 5. The van der Waals surface area contributed by atoms with E-state index in [0.29, 0.717) is 6.42 Å². The van der Waals surface area contributed by atoms with Crippen LogP contribution in [0.5, 0.6) is 0 Å². The Morgan fingerprint density at radius 3 is 2.00 bits per heavy atom. The topological polar surface area (TPSA) is 65.7 Å². The van der Waals surface area contributed by atoms with Crippen molar-refractivity contribution in [1.82, 2.24) is 9.48 Å². The fraction of sp³-hybridized carbons (Fsp3) is 0.444. The second-order valence-corrected chi connectivity index (χ2v) is 10.0. The van der Waals surface area contributed by atoms with Crippen LogP contribution in [0.3, 0.4) is 0 Å². The molecular formula is C36H53N4O2+. The minimum absolute atomic E-state index is 0.284. The predicted molar refractivity (Wildman–Crippen MR) is 181 cm³/mol. The number of nitrogens with two attached hydrogens (primary N) is 1. The molecule has 0 bridgehead atoms. The average molecular weight is 574 g/mol. The molecule has 0 unspecified atom stereocenters. The van der Waals surface area contributed by atoms with E-state index in [0.717, 1.165) is 68.1 Å². The lowest BCUT2D eigenvalue weighted by Crippen LogP contribution is -2.29. The molecule has 0 fully saturated rings. The SMILES string of the molecule is CCN(CC)CCC(C)=O.CCN(CC)c1ccc2c(-c3ccccc3)c3ccc(=[N+](CC)CC)cc-3oc2c1.CN. The molecule has 2 aliphatic rings. The normalized spacial score (nSPS) is 10.6. The van der Waals surface area contributed by atoms with E-state index in [-0.39, 0.29) is 5.78 Å². The van der Waals surface area contributed by atoms with Gasteiger partial charge in [-0.05, 0) is 78.5 Å². The van der Waals surface area contributed by atoms with Gasteiger partial charge in [-0.15, -0.1) is 0 Å². The van der Waals surface area contributed by atoms with E-state index in [2.05, 4.69) is 128 Å². The summed E-state index contributed by atoms with van der Waals surface area (Å²) in [6.45, 7) is 21.6. The third-order valence-electron chi connectivity index (χ3n) is 7.68. The van der Waals surface area contributed by atoms with Gasteiger partial charge in [-0.2, -0.15) is 0 Å². The van der Waals surface area contributed by atoms with Gasteiger partial charge in [-0.25, -0.2) is 4.58 Å². The number of fused-ring (bicyclic) bond motifs is 2. The average Bonchev–Trinajstić information content (AvgIpc) is 3.03. The molecule has 1 aliphatic heterocycles. The molecule has 2 N–H and O–H groups in total. The smallest absolute Gasteiger partial charge is 0.203 e. The van der Waals surface area contributed by atoms with Crippen LogP contribution in [0.4, 0.5) is 5.69 Å². The summed E-state index contributed by atoms with van der Waals surface area (Å²) in [5, 5.41) is 2.36. The number of carbonyl (C=O) groups excluding carboxylic acids is 1. The van der Waals surface area contributed by atoms with Crippen LogP contribution in [-0.2, 0) is 4.79 Å². The highest BCUT2D eigenvalue weighted by Gasteiger charge is 2.19. The Morgan fingerprint density at radius 2 is 1.45 bits per heavy atom. The number of nitrogens with zero attached hydrogens (tertiary/aromatic N) is 3. The van der Waals surface area contributed by atoms with Crippen LogP contribution in [0.2, 0.25) is 0 Å². The number of rotatable bonds is 11. The molecule has 0 aromatic heterocycles. The molecule has 0 saturated carbocycles. The maximum absolute atomic E-state index is 10.6. The van der Waals surface area contributed by atoms with Gasteiger partial charge in [0.05, 0.1) is 6.07 Å². The highest BCUT2D eigenvalue weighted by molar-refractivity contribution is 6.02. The summed E-state index contributed by atoms with van der Waals surface area (Å²) >= 11 is 0. The highest BCUT2D eigenvalue weighted by Crippen LogP contribution is 2.40. The fourth-order valence-corrected chi connectivity index (χ4v) is 5.21. The van der Waals surface area contributed by atoms with E-state index in [1.54, 1.807) is 6.92 Å². The van der Waals surface area contributed by atoms with Crippen molar-refractivity contribution < 1.29 is 9.21 Å². The molecule has 0 spiro atoms. The standard InChI is InChI=1S/C27H31N2O.C8H17NO.CH5N/c1-5-28(6-2)21-14-16-23-25(18-21)30-26-19-22(29(7-3)8-4)15-17-24(26)27(23)20-12-10-9-11-13-20;1-4-9(5-2)7-6-8(3)10;1-2/h9-19H,5-8H2,1-4H3;4-7H2,1-3H3;2H2,1H3/q+1;;. The van der Waals surface area contributed by atoms with Crippen LogP contribution in [0.1, 0.15) is 54.9 Å².